The van der Waals surface area contributed by atoms with Crippen molar-refractivity contribution in [3.8, 4) is 5.75 Å². The van der Waals surface area contributed by atoms with Crippen LogP contribution in [-0.2, 0) is 14.8 Å². The van der Waals surface area contributed by atoms with E-state index >= 15 is 0 Å². The number of rotatable bonds is 8. The van der Waals surface area contributed by atoms with E-state index in [2.05, 4.69) is 15.4 Å². The number of benzene rings is 2. The van der Waals surface area contributed by atoms with E-state index in [4.69, 9.17) is 4.74 Å². The van der Waals surface area contributed by atoms with Crippen LogP contribution in [0, 0.1) is 5.82 Å². The third kappa shape index (κ3) is 5.62. The number of sulfonamides is 1. The monoisotopic (exact) mass is 477 g/mol. The molecule has 8 nitrogen and oxygen atoms in total. The van der Waals surface area contributed by atoms with E-state index in [0.29, 0.717) is 4.88 Å². The number of carbonyl (C=O) groups is 2. The van der Waals surface area contributed by atoms with Crippen molar-refractivity contribution in [1.29, 1.82) is 0 Å². The van der Waals surface area contributed by atoms with E-state index in [9.17, 15) is 22.4 Å². The highest BCUT2D eigenvalue weighted by Crippen LogP contribution is 2.30. The molecule has 0 saturated carbocycles. The van der Waals surface area contributed by atoms with Crippen LogP contribution in [0.2, 0.25) is 0 Å². The first-order valence-electron chi connectivity index (χ1n) is 9.31. The summed E-state index contributed by atoms with van der Waals surface area (Å²) >= 11 is 1.26. The van der Waals surface area contributed by atoms with Crippen molar-refractivity contribution < 1.29 is 27.1 Å². The average Bonchev–Trinajstić information content (AvgIpc) is 3.29. The number of methoxy groups -OCH3 is 1. The largest absolute Gasteiger partial charge is 0.495 e. The molecule has 0 saturated heterocycles. The summed E-state index contributed by atoms with van der Waals surface area (Å²) in [5, 5.41) is 6.98. The van der Waals surface area contributed by atoms with Gasteiger partial charge in [-0.3, -0.25) is 14.3 Å². The molecule has 3 aromatic rings. The van der Waals surface area contributed by atoms with Crippen LogP contribution in [0.15, 0.2) is 64.9 Å². The molecule has 2 amide bonds. The van der Waals surface area contributed by atoms with Gasteiger partial charge in [0.05, 0.1) is 22.6 Å². The first kappa shape index (κ1) is 23.2. The summed E-state index contributed by atoms with van der Waals surface area (Å²) < 4.78 is 45.9. The molecule has 0 bridgehead atoms. The molecule has 0 fully saturated rings. The molecule has 1 aromatic heterocycles. The lowest BCUT2D eigenvalue weighted by atomic mass is 10.2. The van der Waals surface area contributed by atoms with Crippen molar-refractivity contribution in [3.05, 3.63) is 70.7 Å². The number of hydrogen-bond donors (Lipinski definition) is 3. The van der Waals surface area contributed by atoms with Gasteiger partial charge in [0.15, 0.2) is 0 Å². The molecule has 0 radical (unpaired) electrons. The Labute approximate surface area is 188 Å². The van der Waals surface area contributed by atoms with Gasteiger partial charge in [-0.1, -0.05) is 6.07 Å². The second-order valence-corrected chi connectivity index (χ2v) is 9.27. The molecule has 168 valence electrons. The molecule has 32 heavy (non-hydrogen) atoms. The molecule has 1 unspecified atom stereocenters. The van der Waals surface area contributed by atoms with E-state index in [1.165, 1.54) is 43.6 Å². The Hall–Kier alpha value is -3.44. The van der Waals surface area contributed by atoms with Gasteiger partial charge in [-0.25, -0.2) is 12.8 Å². The van der Waals surface area contributed by atoms with Gasteiger partial charge >= 0.3 is 0 Å². The molecule has 11 heteroatoms. The van der Waals surface area contributed by atoms with Crippen molar-refractivity contribution in [1.82, 2.24) is 5.32 Å². The van der Waals surface area contributed by atoms with Gasteiger partial charge in [0.2, 0.25) is 5.91 Å². The number of halogens is 1. The maximum atomic E-state index is 13.1. The third-order valence-electron chi connectivity index (χ3n) is 4.32. The molecular formula is C21H20FN3O5S2. The number of ether oxygens (including phenoxy) is 1. The average molecular weight is 478 g/mol. The number of nitrogens with one attached hydrogen (secondary N) is 3. The van der Waals surface area contributed by atoms with Crippen molar-refractivity contribution >= 4 is 44.5 Å². The Kier molecular flexibility index (Phi) is 7.11. The lowest BCUT2D eigenvalue weighted by Gasteiger charge is -2.16. The van der Waals surface area contributed by atoms with Crippen LogP contribution in [0.1, 0.15) is 16.6 Å². The van der Waals surface area contributed by atoms with E-state index in [-0.39, 0.29) is 27.9 Å². The smallest absolute Gasteiger partial charge is 0.262 e. The van der Waals surface area contributed by atoms with Crippen LogP contribution in [0.25, 0.3) is 0 Å². The Morgan fingerprint density at radius 3 is 2.44 bits per heavy atom. The summed E-state index contributed by atoms with van der Waals surface area (Å²) in [6.45, 7) is 1.53. The molecule has 0 spiro atoms. The number of hydrogen-bond acceptors (Lipinski definition) is 6. The molecule has 3 N–H and O–H groups in total. The topological polar surface area (TPSA) is 114 Å². The molecular weight excluding hydrogens is 457 g/mol. The van der Waals surface area contributed by atoms with Gasteiger partial charge in [-0.05, 0) is 60.8 Å². The fraction of sp³-hybridized carbons (Fsp3) is 0.143. The Balaban J connectivity index is 1.74. The van der Waals surface area contributed by atoms with Crippen molar-refractivity contribution in [3.63, 3.8) is 0 Å². The van der Waals surface area contributed by atoms with Crippen LogP contribution < -0.4 is 20.1 Å². The second kappa shape index (κ2) is 9.79. The molecule has 0 aliphatic rings. The van der Waals surface area contributed by atoms with Crippen molar-refractivity contribution in [2.24, 2.45) is 0 Å². The van der Waals surface area contributed by atoms with E-state index < -0.39 is 27.8 Å². The summed E-state index contributed by atoms with van der Waals surface area (Å²) in [6.07, 6.45) is 0. The number of thiophene rings is 1. The summed E-state index contributed by atoms with van der Waals surface area (Å²) in [6, 6.07) is 11.3. The minimum Gasteiger partial charge on any atom is -0.495 e. The summed E-state index contributed by atoms with van der Waals surface area (Å²) in [4.78, 5) is 25.0. The third-order valence-corrected chi connectivity index (χ3v) is 6.57. The Morgan fingerprint density at radius 1 is 1.09 bits per heavy atom. The number of anilines is 2. The van der Waals surface area contributed by atoms with Crippen molar-refractivity contribution in [2.45, 2.75) is 17.9 Å². The number of carbonyl (C=O) groups excluding carboxylic acids is 2. The lowest BCUT2D eigenvalue weighted by molar-refractivity contribution is -0.117. The Morgan fingerprint density at radius 2 is 1.81 bits per heavy atom. The number of amides is 2. The minimum absolute atomic E-state index is 0.0740. The first-order valence-corrected chi connectivity index (χ1v) is 11.7. The van der Waals surface area contributed by atoms with Gasteiger partial charge in [0.1, 0.15) is 17.6 Å². The molecule has 1 atom stereocenters. The predicted molar refractivity (Wildman–Crippen MR) is 120 cm³/mol. The molecule has 2 aromatic carbocycles. The highest BCUT2D eigenvalue weighted by Gasteiger charge is 2.20. The SMILES string of the molecule is COc1ccc(NC(=O)C(C)NC(=O)c2cccs2)cc1NS(=O)(=O)c1ccc(F)cc1. The minimum atomic E-state index is -4.03. The van der Waals surface area contributed by atoms with E-state index in [1.54, 1.807) is 17.5 Å². The quantitative estimate of drug-likeness (QED) is 0.460. The van der Waals surface area contributed by atoms with Crippen LogP contribution >= 0.6 is 11.3 Å². The molecule has 3 rings (SSSR count). The normalized spacial score (nSPS) is 12.0. The van der Waals surface area contributed by atoms with Gasteiger partial charge in [-0.15, -0.1) is 11.3 Å². The van der Waals surface area contributed by atoms with Gasteiger partial charge in [0.25, 0.3) is 15.9 Å². The zero-order valence-electron chi connectivity index (χ0n) is 17.1. The van der Waals surface area contributed by atoms with Crippen LogP contribution in [0.5, 0.6) is 5.75 Å². The van der Waals surface area contributed by atoms with Crippen LogP contribution in [-0.4, -0.2) is 33.4 Å². The Bertz CT molecular complexity index is 1210. The zero-order valence-corrected chi connectivity index (χ0v) is 18.7. The van der Waals surface area contributed by atoms with Crippen LogP contribution in [0.4, 0.5) is 15.8 Å². The standard InChI is InChI=1S/C21H20FN3O5S2/c1-13(23-21(27)19-4-3-11-31-19)20(26)24-15-7-10-18(30-2)17(12-15)25-32(28,29)16-8-5-14(22)6-9-16/h3-13,25H,1-2H3,(H,23,27)(H,24,26). The van der Waals surface area contributed by atoms with Crippen molar-refractivity contribution in [2.75, 3.05) is 17.1 Å². The summed E-state index contributed by atoms with van der Waals surface area (Å²) in [5.74, 6) is -1.21. The summed E-state index contributed by atoms with van der Waals surface area (Å²) in [7, 11) is -2.66. The lowest BCUT2D eigenvalue weighted by Crippen LogP contribution is -2.41. The fourth-order valence-electron chi connectivity index (χ4n) is 2.67. The maximum Gasteiger partial charge on any atom is 0.262 e. The van der Waals surface area contributed by atoms with Gasteiger partial charge in [0, 0.05) is 5.69 Å². The zero-order chi connectivity index (χ0) is 23.3. The fourth-order valence-corrected chi connectivity index (χ4v) is 4.36. The highest BCUT2D eigenvalue weighted by molar-refractivity contribution is 7.92. The van der Waals surface area contributed by atoms with Crippen LogP contribution in [0.3, 0.4) is 0 Å². The highest BCUT2D eigenvalue weighted by atomic mass is 32.2. The van der Waals surface area contributed by atoms with E-state index in [0.717, 1.165) is 24.3 Å². The molecule has 0 aliphatic carbocycles. The second-order valence-electron chi connectivity index (χ2n) is 6.64. The summed E-state index contributed by atoms with van der Waals surface area (Å²) in [5.41, 5.74) is 0.356. The molecule has 0 aliphatic heterocycles. The molecule has 1 heterocycles. The van der Waals surface area contributed by atoms with E-state index in [1.807, 2.05) is 0 Å². The first-order chi connectivity index (χ1) is 15.2. The maximum absolute atomic E-state index is 13.1. The van der Waals surface area contributed by atoms with Gasteiger partial charge < -0.3 is 15.4 Å². The van der Waals surface area contributed by atoms with Gasteiger partial charge in [-0.2, -0.15) is 0 Å². The predicted octanol–water partition coefficient (Wildman–Crippen LogP) is 3.45.